The second kappa shape index (κ2) is 9.41. The summed E-state index contributed by atoms with van der Waals surface area (Å²) < 4.78 is 28.5. The first-order valence-corrected chi connectivity index (χ1v) is 10.1. The molecule has 13 heteroatoms. The summed E-state index contributed by atoms with van der Waals surface area (Å²) in [7, 11) is 0. The maximum atomic E-state index is 14.9. The summed E-state index contributed by atoms with van der Waals surface area (Å²) in [6.07, 6.45) is 2.74. The number of hydrogen-bond acceptors (Lipinski definition) is 5. The molecule has 0 atom stereocenters. The molecule has 3 N–H and O–H groups in total. The van der Waals surface area contributed by atoms with E-state index in [1.54, 1.807) is 0 Å². The van der Waals surface area contributed by atoms with E-state index in [9.17, 15) is 18.4 Å². The number of halogens is 4. The van der Waals surface area contributed by atoms with E-state index in [0.717, 1.165) is 24.3 Å². The van der Waals surface area contributed by atoms with Crippen molar-refractivity contribution in [3.63, 3.8) is 0 Å². The van der Waals surface area contributed by atoms with Crippen LogP contribution in [-0.4, -0.2) is 37.1 Å². The van der Waals surface area contributed by atoms with Crippen LogP contribution in [0, 0.1) is 11.6 Å². The van der Waals surface area contributed by atoms with Gasteiger partial charge in [0.15, 0.2) is 5.82 Å². The number of amides is 2. The first-order chi connectivity index (χ1) is 16.2. The molecule has 172 valence electrons. The number of carbonyl (C=O) groups is 2. The molecule has 0 bridgehead atoms. The Bertz CT molecular complexity index is 1420. The fourth-order valence-electron chi connectivity index (χ4n) is 3.07. The Labute approximate surface area is 200 Å². The Morgan fingerprint density at radius 2 is 1.68 bits per heavy atom. The quantitative estimate of drug-likeness (QED) is 0.340. The highest BCUT2D eigenvalue weighted by atomic mass is 35.5. The van der Waals surface area contributed by atoms with E-state index in [1.165, 1.54) is 35.5 Å². The van der Waals surface area contributed by atoms with Crippen LogP contribution >= 0.6 is 23.2 Å². The smallest absolute Gasteiger partial charge is 0.409 e. The minimum Gasteiger partial charge on any atom is -0.465 e. The van der Waals surface area contributed by atoms with E-state index in [1.807, 2.05) is 5.32 Å². The number of pyridine rings is 1. The van der Waals surface area contributed by atoms with Gasteiger partial charge in [-0.3, -0.25) is 10.1 Å². The third-order valence-electron chi connectivity index (χ3n) is 4.50. The van der Waals surface area contributed by atoms with E-state index in [-0.39, 0.29) is 43.9 Å². The highest BCUT2D eigenvalue weighted by Crippen LogP contribution is 2.34. The van der Waals surface area contributed by atoms with Gasteiger partial charge in [-0.15, -0.1) is 4.80 Å². The predicted octanol–water partition coefficient (Wildman–Crippen LogP) is 5.26. The molecule has 0 fully saturated rings. The normalized spacial score (nSPS) is 10.7. The molecule has 2 heterocycles. The van der Waals surface area contributed by atoms with Crippen molar-refractivity contribution < 1.29 is 23.5 Å². The molecule has 0 unspecified atom stereocenters. The Morgan fingerprint density at radius 1 is 0.941 bits per heavy atom. The van der Waals surface area contributed by atoms with Crippen molar-refractivity contribution in [2.75, 3.05) is 10.6 Å². The van der Waals surface area contributed by atoms with Crippen LogP contribution in [-0.2, 0) is 0 Å². The van der Waals surface area contributed by atoms with Crippen molar-refractivity contribution in [2.24, 2.45) is 0 Å². The molecule has 0 aliphatic heterocycles. The number of nitrogens with zero attached hydrogens (tertiary/aromatic N) is 4. The van der Waals surface area contributed by atoms with Crippen molar-refractivity contribution in [3.8, 4) is 16.9 Å². The van der Waals surface area contributed by atoms with Crippen LogP contribution < -0.4 is 10.6 Å². The Kier molecular flexibility index (Phi) is 6.39. The number of benzene rings is 2. The van der Waals surface area contributed by atoms with Crippen LogP contribution in [0.5, 0.6) is 0 Å². The van der Waals surface area contributed by atoms with Crippen LogP contribution in [0.2, 0.25) is 10.0 Å². The van der Waals surface area contributed by atoms with Crippen LogP contribution in [0.4, 0.5) is 25.0 Å². The zero-order valence-corrected chi connectivity index (χ0v) is 18.3. The Morgan fingerprint density at radius 3 is 2.35 bits per heavy atom. The SMILES string of the molecule is O=C(O)Nc1cc(F)ccc1-c1cc(Cl)c(C(=O)Nc2cnc(-n3nccn3)c(Cl)c2)cc1F. The maximum Gasteiger partial charge on any atom is 0.409 e. The molecule has 0 aliphatic carbocycles. The van der Waals surface area contributed by atoms with Crippen molar-refractivity contribution in [2.45, 2.75) is 0 Å². The molecule has 0 spiro atoms. The number of rotatable bonds is 5. The fraction of sp³-hybridized carbons (Fsp3) is 0. The van der Waals surface area contributed by atoms with Crippen LogP contribution in [0.25, 0.3) is 16.9 Å². The first-order valence-electron chi connectivity index (χ1n) is 9.35. The summed E-state index contributed by atoms with van der Waals surface area (Å²) in [6, 6.07) is 6.57. The number of aromatic nitrogens is 4. The monoisotopic (exact) mass is 504 g/mol. The summed E-state index contributed by atoms with van der Waals surface area (Å²) in [5.74, 6) is -2.12. The zero-order chi connectivity index (χ0) is 24.4. The lowest BCUT2D eigenvalue weighted by Gasteiger charge is -2.13. The van der Waals surface area contributed by atoms with Gasteiger partial charge >= 0.3 is 6.09 Å². The van der Waals surface area contributed by atoms with Crippen molar-refractivity contribution >= 4 is 46.6 Å². The molecule has 2 aromatic carbocycles. The van der Waals surface area contributed by atoms with Crippen molar-refractivity contribution in [3.05, 3.63) is 82.2 Å². The summed E-state index contributed by atoms with van der Waals surface area (Å²) in [4.78, 5) is 29.0. The Balaban J connectivity index is 1.62. The first kappa shape index (κ1) is 23.1. The van der Waals surface area contributed by atoms with Gasteiger partial charge in [0.25, 0.3) is 5.91 Å². The van der Waals surface area contributed by atoms with Gasteiger partial charge in [-0.25, -0.2) is 18.6 Å². The van der Waals surface area contributed by atoms with Crippen LogP contribution in [0.1, 0.15) is 10.4 Å². The molecule has 0 saturated heterocycles. The van der Waals surface area contributed by atoms with Gasteiger partial charge < -0.3 is 10.4 Å². The average molecular weight is 505 g/mol. The fourth-order valence-corrected chi connectivity index (χ4v) is 3.56. The van der Waals surface area contributed by atoms with Gasteiger partial charge in [-0.05, 0) is 36.4 Å². The standard InChI is InChI=1S/C21H12Cl2F2N6O3/c22-15-7-13(12-2-1-10(24)5-18(12)30-21(33)34)17(25)8-14(15)20(32)29-11-6-16(23)19(26-9-11)31-27-3-4-28-31/h1-9,30H,(H,29,32)(H,33,34). The van der Waals surface area contributed by atoms with E-state index in [0.29, 0.717) is 0 Å². The van der Waals surface area contributed by atoms with E-state index in [4.69, 9.17) is 28.3 Å². The molecule has 0 radical (unpaired) electrons. The molecule has 0 aliphatic rings. The Hall–Kier alpha value is -4.09. The van der Waals surface area contributed by atoms with Gasteiger partial charge in [0, 0.05) is 11.1 Å². The molecular formula is C21H12Cl2F2N6O3. The molecule has 9 nitrogen and oxygen atoms in total. The second-order valence-electron chi connectivity index (χ2n) is 6.73. The van der Waals surface area contributed by atoms with Crippen LogP contribution in [0.3, 0.4) is 0 Å². The third-order valence-corrected chi connectivity index (χ3v) is 5.09. The van der Waals surface area contributed by atoms with Crippen molar-refractivity contribution in [1.29, 1.82) is 0 Å². The number of carbonyl (C=O) groups excluding carboxylic acids is 1. The average Bonchev–Trinajstić information content (AvgIpc) is 3.29. The number of carboxylic acid groups (broad SMARTS) is 1. The summed E-state index contributed by atoms with van der Waals surface area (Å²) >= 11 is 12.4. The molecule has 4 aromatic rings. The lowest BCUT2D eigenvalue weighted by Crippen LogP contribution is -2.14. The predicted molar refractivity (Wildman–Crippen MR) is 121 cm³/mol. The second-order valence-corrected chi connectivity index (χ2v) is 7.55. The largest absolute Gasteiger partial charge is 0.465 e. The molecule has 4 rings (SSSR count). The lowest BCUT2D eigenvalue weighted by atomic mass is 10.0. The minimum absolute atomic E-state index is 0.0361. The topological polar surface area (TPSA) is 122 Å². The maximum absolute atomic E-state index is 14.9. The van der Waals surface area contributed by atoms with Gasteiger partial charge in [0.1, 0.15) is 11.6 Å². The van der Waals surface area contributed by atoms with E-state index >= 15 is 0 Å². The van der Waals surface area contributed by atoms with Gasteiger partial charge in [0.2, 0.25) is 0 Å². The molecule has 2 aromatic heterocycles. The van der Waals surface area contributed by atoms with Crippen molar-refractivity contribution in [1.82, 2.24) is 20.0 Å². The summed E-state index contributed by atoms with van der Waals surface area (Å²) in [5.41, 5.74) is -0.281. The minimum atomic E-state index is -1.46. The summed E-state index contributed by atoms with van der Waals surface area (Å²) in [6.45, 7) is 0. The number of anilines is 2. The summed E-state index contributed by atoms with van der Waals surface area (Å²) in [5, 5.41) is 21.4. The molecular weight excluding hydrogens is 493 g/mol. The van der Waals surface area contributed by atoms with Crippen LogP contribution in [0.15, 0.2) is 55.0 Å². The highest BCUT2D eigenvalue weighted by molar-refractivity contribution is 6.35. The third kappa shape index (κ3) is 4.80. The highest BCUT2D eigenvalue weighted by Gasteiger charge is 2.19. The van der Waals surface area contributed by atoms with Gasteiger partial charge in [-0.1, -0.05) is 23.2 Å². The van der Waals surface area contributed by atoms with Gasteiger partial charge in [-0.2, -0.15) is 10.2 Å². The molecule has 34 heavy (non-hydrogen) atoms. The number of nitrogens with one attached hydrogen (secondary N) is 2. The molecule has 2 amide bonds. The van der Waals surface area contributed by atoms with E-state index in [2.05, 4.69) is 20.5 Å². The lowest BCUT2D eigenvalue weighted by molar-refractivity contribution is 0.102. The van der Waals surface area contributed by atoms with E-state index < -0.39 is 23.6 Å². The zero-order valence-electron chi connectivity index (χ0n) is 16.8. The van der Waals surface area contributed by atoms with Gasteiger partial charge in [0.05, 0.1) is 45.6 Å². The molecule has 0 saturated carbocycles. The number of hydrogen-bond donors (Lipinski definition) is 3.